The predicted molar refractivity (Wildman–Crippen MR) is 68.0 cm³/mol. The third kappa shape index (κ3) is 2.28. The first-order valence-corrected chi connectivity index (χ1v) is 5.72. The molecular weight excluding hydrogens is 217 g/mol. The zero-order valence-corrected chi connectivity index (χ0v) is 11.0. The van der Waals surface area contributed by atoms with Gasteiger partial charge >= 0.3 is 0 Å². The van der Waals surface area contributed by atoms with Gasteiger partial charge in [-0.15, -0.1) is 0 Å². The highest BCUT2D eigenvalue weighted by Gasteiger charge is 2.16. The smallest absolute Gasteiger partial charge is 0.167 e. The molecule has 0 N–H and O–H groups in total. The van der Waals surface area contributed by atoms with E-state index in [9.17, 15) is 4.39 Å². The van der Waals surface area contributed by atoms with Crippen molar-refractivity contribution in [3.63, 3.8) is 0 Å². The molecule has 0 bridgehead atoms. The van der Waals surface area contributed by atoms with Crippen LogP contribution in [0.15, 0.2) is 18.2 Å². The molecule has 2 aromatic rings. The first-order valence-electron chi connectivity index (χ1n) is 5.72. The zero-order valence-electron chi connectivity index (χ0n) is 11.0. The molecule has 1 aromatic heterocycles. The van der Waals surface area contributed by atoms with Crippen LogP contribution < -0.4 is 4.74 Å². The van der Waals surface area contributed by atoms with E-state index in [1.165, 1.54) is 6.07 Å². The van der Waals surface area contributed by atoms with Crippen molar-refractivity contribution in [2.75, 3.05) is 0 Å². The Kier molecular flexibility index (Phi) is 2.64. The third-order valence-electron chi connectivity index (χ3n) is 2.75. The van der Waals surface area contributed by atoms with E-state index in [1.54, 1.807) is 6.07 Å². The van der Waals surface area contributed by atoms with Crippen molar-refractivity contribution in [1.29, 1.82) is 0 Å². The van der Waals surface area contributed by atoms with Crippen molar-refractivity contribution < 1.29 is 9.13 Å². The molecule has 1 heterocycles. The molecule has 0 aliphatic carbocycles. The molecule has 92 valence electrons. The summed E-state index contributed by atoms with van der Waals surface area (Å²) in [6, 6.07) is 5.33. The normalized spacial score (nSPS) is 12.1. The lowest BCUT2D eigenvalue weighted by Crippen LogP contribution is -2.23. The quantitative estimate of drug-likeness (QED) is 0.733. The second-order valence-corrected chi connectivity index (χ2v) is 5.40. The number of hydrogen-bond acceptors (Lipinski definition) is 1. The molecule has 0 saturated heterocycles. The standard InChI is InChI=1S/C14H18FNO/c1-9-6-10-7-13(17-14(2,3)4)11(15)8-12(10)16(9)5/h6-8H,1-5H3. The first-order chi connectivity index (χ1) is 7.78. The summed E-state index contributed by atoms with van der Waals surface area (Å²) >= 11 is 0. The Bertz CT molecular complexity index is 564. The van der Waals surface area contributed by atoms with Crippen molar-refractivity contribution in [3.8, 4) is 5.75 Å². The number of ether oxygens (including phenoxy) is 1. The summed E-state index contributed by atoms with van der Waals surface area (Å²) in [5, 5.41) is 1.01. The maximum absolute atomic E-state index is 13.9. The van der Waals surface area contributed by atoms with Crippen LogP contribution in [0.2, 0.25) is 0 Å². The number of nitrogens with zero attached hydrogens (tertiary/aromatic N) is 1. The van der Waals surface area contributed by atoms with Crippen molar-refractivity contribution in [2.45, 2.75) is 33.3 Å². The number of aryl methyl sites for hydroxylation is 2. The van der Waals surface area contributed by atoms with Crippen LogP contribution >= 0.6 is 0 Å². The Balaban J connectivity index is 2.56. The highest BCUT2D eigenvalue weighted by atomic mass is 19.1. The van der Waals surface area contributed by atoms with E-state index in [1.807, 2.05) is 45.4 Å². The van der Waals surface area contributed by atoms with Gasteiger partial charge in [0.05, 0.1) is 5.52 Å². The molecular formula is C14H18FNO. The highest BCUT2D eigenvalue weighted by molar-refractivity contribution is 5.83. The van der Waals surface area contributed by atoms with Gasteiger partial charge in [0, 0.05) is 24.2 Å². The molecule has 0 amide bonds. The van der Waals surface area contributed by atoms with E-state index in [-0.39, 0.29) is 5.82 Å². The van der Waals surface area contributed by atoms with Gasteiger partial charge in [0.1, 0.15) is 5.60 Å². The van der Waals surface area contributed by atoms with E-state index in [2.05, 4.69) is 0 Å². The summed E-state index contributed by atoms with van der Waals surface area (Å²) in [5.74, 6) is 0.00391. The lowest BCUT2D eigenvalue weighted by molar-refractivity contribution is 0.124. The number of benzene rings is 1. The fourth-order valence-corrected chi connectivity index (χ4v) is 1.88. The summed E-state index contributed by atoms with van der Waals surface area (Å²) in [6.07, 6.45) is 0. The molecule has 0 radical (unpaired) electrons. The SMILES string of the molecule is Cc1cc2cc(OC(C)(C)C)c(F)cc2n1C. The Morgan fingerprint density at radius 2 is 1.82 bits per heavy atom. The minimum Gasteiger partial charge on any atom is -0.485 e. The highest BCUT2D eigenvalue weighted by Crippen LogP contribution is 2.29. The molecule has 0 unspecified atom stereocenters. The van der Waals surface area contributed by atoms with Gasteiger partial charge in [-0.1, -0.05) is 0 Å². The maximum Gasteiger partial charge on any atom is 0.167 e. The van der Waals surface area contributed by atoms with Crippen LogP contribution in [0.4, 0.5) is 4.39 Å². The lowest BCUT2D eigenvalue weighted by Gasteiger charge is -2.21. The second kappa shape index (κ2) is 3.76. The van der Waals surface area contributed by atoms with Crippen LogP contribution in [-0.2, 0) is 7.05 Å². The Hall–Kier alpha value is -1.51. The zero-order chi connectivity index (χ0) is 12.8. The molecule has 3 heteroatoms. The molecule has 0 atom stereocenters. The van der Waals surface area contributed by atoms with E-state index >= 15 is 0 Å². The average Bonchev–Trinajstić information content (AvgIpc) is 2.43. The van der Waals surface area contributed by atoms with E-state index in [4.69, 9.17) is 4.74 Å². The molecule has 0 aliphatic heterocycles. The van der Waals surface area contributed by atoms with Gasteiger partial charge in [-0.2, -0.15) is 0 Å². The van der Waals surface area contributed by atoms with Gasteiger partial charge in [0.2, 0.25) is 0 Å². The summed E-state index contributed by atoms with van der Waals surface area (Å²) in [7, 11) is 1.93. The maximum atomic E-state index is 13.9. The first kappa shape index (κ1) is 12.0. The van der Waals surface area contributed by atoms with Crippen LogP contribution in [0.5, 0.6) is 5.75 Å². The molecule has 0 saturated carbocycles. The summed E-state index contributed by atoms with van der Waals surface area (Å²) < 4.78 is 21.5. The third-order valence-corrected chi connectivity index (χ3v) is 2.75. The van der Waals surface area contributed by atoms with Crippen LogP contribution in [0.25, 0.3) is 10.9 Å². The van der Waals surface area contributed by atoms with Crippen molar-refractivity contribution in [2.24, 2.45) is 7.05 Å². The van der Waals surface area contributed by atoms with Gasteiger partial charge in [-0.25, -0.2) is 4.39 Å². The van der Waals surface area contributed by atoms with E-state index < -0.39 is 5.60 Å². The van der Waals surface area contributed by atoms with Gasteiger partial charge in [-0.05, 0) is 39.8 Å². The fourth-order valence-electron chi connectivity index (χ4n) is 1.88. The monoisotopic (exact) mass is 235 g/mol. The number of halogens is 1. The molecule has 1 aromatic carbocycles. The van der Waals surface area contributed by atoms with Crippen molar-refractivity contribution in [3.05, 3.63) is 29.7 Å². The predicted octanol–water partition coefficient (Wildman–Crippen LogP) is 3.80. The minimum absolute atomic E-state index is 0.311. The minimum atomic E-state index is -0.391. The Labute approximate surface area is 101 Å². The van der Waals surface area contributed by atoms with Gasteiger partial charge < -0.3 is 9.30 Å². The molecule has 17 heavy (non-hydrogen) atoms. The molecule has 2 nitrogen and oxygen atoms in total. The summed E-state index contributed by atoms with van der Waals surface area (Å²) in [4.78, 5) is 0. The number of rotatable bonds is 1. The summed E-state index contributed by atoms with van der Waals surface area (Å²) in [5.41, 5.74) is 1.60. The summed E-state index contributed by atoms with van der Waals surface area (Å²) in [6.45, 7) is 7.73. The number of hydrogen-bond donors (Lipinski definition) is 0. The van der Waals surface area contributed by atoms with Gasteiger partial charge in [0.25, 0.3) is 0 Å². The topological polar surface area (TPSA) is 14.2 Å². The van der Waals surface area contributed by atoms with Crippen LogP contribution in [0.3, 0.4) is 0 Å². The molecule has 0 fully saturated rings. The van der Waals surface area contributed by atoms with Crippen LogP contribution in [-0.4, -0.2) is 10.2 Å². The molecule has 0 spiro atoms. The number of aromatic nitrogens is 1. The fraction of sp³-hybridized carbons (Fsp3) is 0.429. The van der Waals surface area contributed by atoms with Crippen LogP contribution in [0.1, 0.15) is 26.5 Å². The largest absolute Gasteiger partial charge is 0.485 e. The van der Waals surface area contributed by atoms with E-state index in [0.29, 0.717) is 5.75 Å². The van der Waals surface area contributed by atoms with Crippen molar-refractivity contribution in [1.82, 2.24) is 4.57 Å². The average molecular weight is 235 g/mol. The lowest BCUT2D eigenvalue weighted by atomic mass is 10.2. The second-order valence-electron chi connectivity index (χ2n) is 5.40. The van der Waals surface area contributed by atoms with Crippen LogP contribution in [0, 0.1) is 12.7 Å². The van der Waals surface area contributed by atoms with E-state index in [0.717, 1.165) is 16.6 Å². The number of fused-ring (bicyclic) bond motifs is 1. The molecule has 0 aliphatic rings. The van der Waals surface area contributed by atoms with Crippen molar-refractivity contribution >= 4 is 10.9 Å². The van der Waals surface area contributed by atoms with Gasteiger partial charge in [-0.3, -0.25) is 0 Å². The Morgan fingerprint density at radius 3 is 2.41 bits per heavy atom. The molecule has 2 rings (SSSR count). The Morgan fingerprint density at radius 1 is 1.18 bits per heavy atom. The van der Waals surface area contributed by atoms with Gasteiger partial charge in [0.15, 0.2) is 11.6 Å².